The van der Waals surface area contributed by atoms with E-state index in [0.29, 0.717) is 37.2 Å². The maximum atomic E-state index is 13.1. The highest BCUT2D eigenvalue weighted by atomic mass is 16.5. The van der Waals surface area contributed by atoms with E-state index < -0.39 is 18.6 Å². The molecule has 1 atom stereocenters. The van der Waals surface area contributed by atoms with Crippen LogP contribution in [0, 0.1) is 5.92 Å². The van der Waals surface area contributed by atoms with Gasteiger partial charge in [-0.3, -0.25) is 24.1 Å². The molecule has 2 heterocycles. The third-order valence-electron chi connectivity index (χ3n) is 8.31. The summed E-state index contributed by atoms with van der Waals surface area (Å²) in [5, 5.41) is 0. The van der Waals surface area contributed by atoms with E-state index in [-0.39, 0.29) is 41.4 Å². The topological polar surface area (TPSA) is 127 Å². The van der Waals surface area contributed by atoms with E-state index in [1.807, 2.05) is 29.2 Å². The molecule has 0 spiro atoms. The summed E-state index contributed by atoms with van der Waals surface area (Å²) < 4.78 is 5.28. The minimum Gasteiger partial charge on any atom is -0.454 e. The lowest BCUT2D eigenvalue weighted by Gasteiger charge is -2.33. The van der Waals surface area contributed by atoms with Gasteiger partial charge in [-0.25, -0.2) is 9.69 Å². The standard InChI is InChI=1S/C32H29N3O6/c33-30(38)19-11-13-34(14-12-19)27-17-29(37)35(31(27)39)24-8-5-20(6-9-24)32(40)41-18-28(36)22-7-10-26-23(16-22)15-21-3-1-2-4-25(21)26/h1-10,16,19,27H,11-15,17-18H2,(H2,33,38). The molecule has 41 heavy (non-hydrogen) atoms. The van der Waals surface area contributed by atoms with E-state index in [9.17, 15) is 24.0 Å². The number of Topliss-reactive ketones (excluding diaryl/α,β-unsaturated/α-hetero) is 1. The second-order valence-corrected chi connectivity index (χ2v) is 10.8. The molecular weight excluding hydrogens is 522 g/mol. The number of carbonyl (C=O) groups is 5. The molecule has 3 aromatic carbocycles. The number of carbonyl (C=O) groups excluding carboxylic acids is 5. The molecule has 2 saturated heterocycles. The maximum absolute atomic E-state index is 13.1. The maximum Gasteiger partial charge on any atom is 0.338 e. The summed E-state index contributed by atoms with van der Waals surface area (Å²) in [5.74, 6) is -2.16. The molecule has 0 radical (unpaired) electrons. The Hall–Kier alpha value is -4.63. The molecule has 1 aliphatic carbocycles. The van der Waals surface area contributed by atoms with Crippen LogP contribution in [0.4, 0.5) is 5.69 Å². The summed E-state index contributed by atoms with van der Waals surface area (Å²) in [6.07, 6.45) is 1.94. The first kappa shape index (κ1) is 26.6. The van der Waals surface area contributed by atoms with Crippen molar-refractivity contribution in [2.45, 2.75) is 31.7 Å². The number of benzene rings is 3. The highest BCUT2D eigenvalue weighted by molar-refractivity contribution is 6.22. The van der Waals surface area contributed by atoms with Gasteiger partial charge in [-0.2, -0.15) is 0 Å². The summed E-state index contributed by atoms with van der Waals surface area (Å²) in [6.45, 7) is 0.644. The first-order chi connectivity index (χ1) is 19.8. The van der Waals surface area contributed by atoms with Crippen molar-refractivity contribution in [2.75, 3.05) is 24.6 Å². The quantitative estimate of drug-likeness (QED) is 0.212. The van der Waals surface area contributed by atoms with Crippen LogP contribution in [0.3, 0.4) is 0 Å². The molecule has 2 fully saturated rings. The van der Waals surface area contributed by atoms with E-state index in [1.54, 1.807) is 6.07 Å². The van der Waals surface area contributed by atoms with Gasteiger partial charge in [-0.15, -0.1) is 0 Å². The number of nitrogens with zero attached hydrogens (tertiary/aromatic N) is 2. The number of nitrogens with two attached hydrogens (primary N) is 1. The predicted molar refractivity (Wildman–Crippen MR) is 150 cm³/mol. The second kappa shape index (κ2) is 10.7. The highest BCUT2D eigenvalue weighted by Crippen LogP contribution is 2.37. The number of esters is 1. The van der Waals surface area contributed by atoms with Crippen LogP contribution in [-0.2, 0) is 25.5 Å². The van der Waals surface area contributed by atoms with Crippen molar-refractivity contribution >= 4 is 35.2 Å². The summed E-state index contributed by atoms with van der Waals surface area (Å²) in [6, 6.07) is 19.1. The Balaban J connectivity index is 1.05. The monoisotopic (exact) mass is 551 g/mol. The minimum atomic E-state index is -0.673. The normalized spacial score (nSPS) is 18.7. The fourth-order valence-corrected chi connectivity index (χ4v) is 6.03. The van der Waals surface area contributed by atoms with E-state index in [0.717, 1.165) is 22.4 Å². The molecule has 1 unspecified atom stereocenters. The van der Waals surface area contributed by atoms with Crippen LogP contribution in [0.5, 0.6) is 0 Å². The van der Waals surface area contributed by atoms with E-state index in [2.05, 4.69) is 12.1 Å². The third-order valence-corrected chi connectivity index (χ3v) is 8.31. The molecule has 6 rings (SSSR count). The average Bonchev–Trinajstić information content (AvgIpc) is 3.51. The Labute approximate surface area is 236 Å². The molecule has 0 aromatic heterocycles. The van der Waals surface area contributed by atoms with Crippen molar-refractivity contribution in [3.8, 4) is 11.1 Å². The van der Waals surface area contributed by atoms with Crippen molar-refractivity contribution in [1.29, 1.82) is 0 Å². The van der Waals surface area contributed by atoms with Gasteiger partial charge in [0, 0.05) is 11.5 Å². The SMILES string of the molecule is NC(=O)C1CCN(C2CC(=O)N(c3ccc(C(=O)OCC(=O)c4ccc5c(c4)Cc4ccccc4-5)cc3)C2=O)CC1. The number of primary amides is 1. The second-order valence-electron chi connectivity index (χ2n) is 10.8. The van der Waals surface area contributed by atoms with Gasteiger partial charge in [-0.05, 0) is 84.9 Å². The van der Waals surface area contributed by atoms with Gasteiger partial charge in [0.2, 0.25) is 11.8 Å². The van der Waals surface area contributed by atoms with E-state index >= 15 is 0 Å². The fraction of sp³-hybridized carbons (Fsp3) is 0.281. The molecule has 0 saturated carbocycles. The molecule has 3 aromatic rings. The number of rotatable bonds is 7. The summed E-state index contributed by atoms with van der Waals surface area (Å²) >= 11 is 0. The van der Waals surface area contributed by atoms with Gasteiger partial charge >= 0.3 is 5.97 Å². The average molecular weight is 552 g/mol. The first-order valence-corrected chi connectivity index (χ1v) is 13.7. The number of likely N-dealkylation sites (tertiary alicyclic amines) is 1. The Morgan fingerprint density at radius 2 is 1.54 bits per heavy atom. The van der Waals surface area contributed by atoms with Crippen LogP contribution in [-0.4, -0.2) is 60.1 Å². The van der Waals surface area contributed by atoms with Crippen LogP contribution < -0.4 is 10.6 Å². The number of hydrogen-bond donors (Lipinski definition) is 1. The molecule has 9 heteroatoms. The summed E-state index contributed by atoms with van der Waals surface area (Å²) in [4.78, 5) is 65.8. The summed E-state index contributed by atoms with van der Waals surface area (Å²) in [7, 11) is 0. The van der Waals surface area contributed by atoms with Crippen LogP contribution in [0.1, 0.15) is 51.1 Å². The fourth-order valence-electron chi connectivity index (χ4n) is 6.03. The van der Waals surface area contributed by atoms with Crippen molar-refractivity contribution in [1.82, 2.24) is 4.90 Å². The molecule has 2 N–H and O–H groups in total. The van der Waals surface area contributed by atoms with Crippen molar-refractivity contribution in [3.05, 3.63) is 89.0 Å². The number of ether oxygens (including phenoxy) is 1. The number of hydrogen-bond acceptors (Lipinski definition) is 7. The van der Waals surface area contributed by atoms with Gasteiger partial charge in [0.25, 0.3) is 5.91 Å². The lowest BCUT2D eigenvalue weighted by atomic mass is 9.95. The van der Waals surface area contributed by atoms with Gasteiger partial charge in [0.15, 0.2) is 12.4 Å². The zero-order chi connectivity index (χ0) is 28.7. The van der Waals surface area contributed by atoms with Gasteiger partial charge < -0.3 is 10.5 Å². The summed E-state index contributed by atoms with van der Waals surface area (Å²) in [5.41, 5.74) is 11.0. The number of ketones is 1. The van der Waals surface area contributed by atoms with Crippen LogP contribution in [0.2, 0.25) is 0 Å². The lowest BCUT2D eigenvalue weighted by Crippen LogP contribution is -2.47. The van der Waals surface area contributed by atoms with Crippen molar-refractivity contribution in [3.63, 3.8) is 0 Å². The van der Waals surface area contributed by atoms with Crippen LogP contribution >= 0.6 is 0 Å². The number of fused-ring (bicyclic) bond motifs is 3. The zero-order valence-electron chi connectivity index (χ0n) is 22.4. The molecule has 3 aliphatic rings. The lowest BCUT2D eigenvalue weighted by molar-refractivity contribution is -0.124. The smallest absolute Gasteiger partial charge is 0.338 e. The van der Waals surface area contributed by atoms with Gasteiger partial charge in [-0.1, -0.05) is 36.4 Å². The third kappa shape index (κ3) is 5.04. The minimum absolute atomic E-state index is 0.0563. The van der Waals surface area contributed by atoms with E-state index in [4.69, 9.17) is 10.5 Å². The molecule has 3 amide bonds. The Bertz CT molecular complexity index is 1570. The number of piperidine rings is 1. The Kier molecular flexibility index (Phi) is 6.96. The van der Waals surface area contributed by atoms with Gasteiger partial charge in [0.1, 0.15) is 0 Å². The molecule has 9 nitrogen and oxygen atoms in total. The Morgan fingerprint density at radius 3 is 2.27 bits per heavy atom. The molecule has 208 valence electrons. The number of imide groups is 1. The molecule has 2 aliphatic heterocycles. The van der Waals surface area contributed by atoms with Crippen LogP contribution in [0.15, 0.2) is 66.7 Å². The Morgan fingerprint density at radius 1 is 0.854 bits per heavy atom. The largest absolute Gasteiger partial charge is 0.454 e. The number of anilines is 1. The van der Waals surface area contributed by atoms with Gasteiger partial charge in [0.05, 0.1) is 23.7 Å². The zero-order valence-corrected chi connectivity index (χ0v) is 22.4. The molecule has 0 bridgehead atoms. The predicted octanol–water partition coefficient (Wildman–Crippen LogP) is 3.13. The number of amides is 3. The van der Waals surface area contributed by atoms with E-state index in [1.165, 1.54) is 35.4 Å². The molecular formula is C32H29N3O6. The first-order valence-electron chi connectivity index (χ1n) is 13.7. The highest BCUT2D eigenvalue weighted by Gasteiger charge is 2.43. The van der Waals surface area contributed by atoms with Crippen LogP contribution in [0.25, 0.3) is 11.1 Å². The van der Waals surface area contributed by atoms with Crippen molar-refractivity contribution in [2.24, 2.45) is 11.7 Å². The van der Waals surface area contributed by atoms with Crippen molar-refractivity contribution < 1.29 is 28.7 Å².